The number of carbonyl (C=O) groups excluding carboxylic acids is 1. The van der Waals surface area contributed by atoms with Gasteiger partial charge in [-0.15, -0.1) is 0 Å². The van der Waals surface area contributed by atoms with Gasteiger partial charge in [0.15, 0.2) is 5.82 Å². The molecule has 2 rings (SSSR count). The highest BCUT2D eigenvalue weighted by Gasteiger charge is 2.19. The zero-order valence-corrected chi connectivity index (χ0v) is 13.2. The maximum absolute atomic E-state index is 12.4. The number of hydrogen-bond acceptors (Lipinski definition) is 4. The van der Waals surface area contributed by atoms with Crippen LogP contribution in [0.3, 0.4) is 0 Å². The molecular weight excluding hydrogens is 268 g/mol. The number of nitrogens with one attached hydrogen (secondary N) is 2. The fourth-order valence-electron chi connectivity index (χ4n) is 2.36. The van der Waals surface area contributed by atoms with Gasteiger partial charge in [0, 0.05) is 24.8 Å². The van der Waals surface area contributed by atoms with Gasteiger partial charge >= 0.3 is 0 Å². The Labute approximate surface area is 124 Å². The molecule has 0 spiro atoms. The molecule has 21 heavy (non-hydrogen) atoms. The highest BCUT2D eigenvalue weighted by atomic mass is 16.1. The first-order chi connectivity index (χ1) is 9.92. The summed E-state index contributed by atoms with van der Waals surface area (Å²) < 4.78 is 1.83. The minimum atomic E-state index is -0.174. The summed E-state index contributed by atoms with van der Waals surface area (Å²) in [6.07, 6.45) is 0. The van der Waals surface area contributed by atoms with Crippen LogP contribution in [0.2, 0.25) is 0 Å². The van der Waals surface area contributed by atoms with E-state index in [-0.39, 0.29) is 5.91 Å². The lowest BCUT2D eigenvalue weighted by molar-refractivity contribution is 0.102. The van der Waals surface area contributed by atoms with Crippen molar-refractivity contribution < 1.29 is 4.79 Å². The van der Waals surface area contributed by atoms with Crippen molar-refractivity contribution in [3.63, 3.8) is 0 Å². The van der Waals surface area contributed by atoms with Gasteiger partial charge in [-0.05, 0) is 34.9 Å². The Kier molecular flexibility index (Phi) is 4.42. The van der Waals surface area contributed by atoms with Crippen LogP contribution in [0.5, 0.6) is 0 Å². The molecule has 7 nitrogen and oxygen atoms in total. The minimum Gasteiger partial charge on any atom is -0.305 e. The van der Waals surface area contributed by atoms with Crippen LogP contribution < -0.4 is 5.32 Å². The smallest absolute Gasteiger partial charge is 0.260 e. The van der Waals surface area contributed by atoms with Crippen molar-refractivity contribution >= 4 is 11.7 Å². The first-order valence-corrected chi connectivity index (χ1v) is 6.96. The van der Waals surface area contributed by atoms with Crippen molar-refractivity contribution in [2.24, 2.45) is 0 Å². The second-order valence-electron chi connectivity index (χ2n) is 5.33. The highest BCUT2D eigenvalue weighted by Crippen LogP contribution is 2.15. The van der Waals surface area contributed by atoms with Crippen molar-refractivity contribution in [1.29, 1.82) is 0 Å². The van der Waals surface area contributed by atoms with E-state index in [0.717, 1.165) is 30.2 Å². The SMILES string of the molecule is CCn1nc(C)c(C(=O)Nc2cc(CN(C)C)[nH]n2)c1C. The van der Waals surface area contributed by atoms with Crippen LogP contribution in [0.15, 0.2) is 6.07 Å². The minimum absolute atomic E-state index is 0.174. The van der Waals surface area contributed by atoms with Gasteiger partial charge in [0.1, 0.15) is 0 Å². The van der Waals surface area contributed by atoms with E-state index in [4.69, 9.17) is 0 Å². The zero-order valence-electron chi connectivity index (χ0n) is 13.2. The molecule has 2 aromatic heterocycles. The van der Waals surface area contributed by atoms with Crippen LogP contribution >= 0.6 is 0 Å². The number of carbonyl (C=O) groups is 1. The molecule has 114 valence electrons. The molecule has 0 saturated heterocycles. The van der Waals surface area contributed by atoms with Gasteiger partial charge in [-0.1, -0.05) is 0 Å². The van der Waals surface area contributed by atoms with Gasteiger partial charge in [0.05, 0.1) is 17.0 Å². The average Bonchev–Trinajstić information content (AvgIpc) is 2.93. The Morgan fingerprint density at radius 2 is 2.14 bits per heavy atom. The molecule has 0 radical (unpaired) electrons. The first kappa shape index (κ1) is 15.2. The fraction of sp³-hybridized carbons (Fsp3) is 0.500. The Morgan fingerprint density at radius 3 is 2.71 bits per heavy atom. The summed E-state index contributed by atoms with van der Waals surface area (Å²) in [4.78, 5) is 14.4. The Balaban J connectivity index is 2.15. The van der Waals surface area contributed by atoms with E-state index in [1.54, 1.807) is 0 Å². The monoisotopic (exact) mass is 290 g/mol. The summed E-state index contributed by atoms with van der Waals surface area (Å²) in [6, 6.07) is 1.84. The molecule has 2 heterocycles. The summed E-state index contributed by atoms with van der Waals surface area (Å²) in [5.41, 5.74) is 3.18. The lowest BCUT2D eigenvalue weighted by Gasteiger charge is -2.05. The maximum Gasteiger partial charge on any atom is 0.260 e. The predicted octanol–water partition coefficient (Wildman–Crippen LogP) is 1.56. The molecule has 0 aliphatic rings. The third-order valence-electron chi connectivity index (χ3n) is 3.27. The molecule has 0 bridgehead atoms. The summed E-state index contributed by atoms with van der Waals surface area (Å²) >= 11 is 0. The molecule has 7 heteroatoms. The number of amides is 1. The number of rotatable bonds is 5. The van der Waals surface area contributed by atoms with E-state index >= 15 is 0 Å². The van der Waals surface area contributed by atoms with E-state index in [9.17, 15) is 4.79 Å². The third-order valence-corrected chi connectivity index (χ3v) is 3.27. The van der Waals surface area contributed by atoms with Gasteiger partial charge in [-0.3, -0.25) is 14.6 Å². The first-order valence-electron chi connectivity index (χ1n) is 6.96. The number of anilines is 1. The normalized spacial score (nSPS) is 11.1. The lowest BCUT2D eigenvalue weighted by Crippen LogP contribution is -2.14. The number of nitrogens with zero attached hydrogens (tertiary/aromatic N) is 4. The molecule has 0 unspecified atom stereocenters. The lowest BCUT2D eigenvalue weighted by atomic mass is 10.2. The van der Waals surface area contributed by atoms with Crippen molar-refractivity contribution in [3.8, 4) is 0 Å². The molecule has 2 aromatic rings. The van der Waals surface area contributed by atoms with Crippen molar-refractivity contribution in [2.75, 3.05) is 19.4 Å². The van der Waals surface area contributed by atoms with Crippen molar-refractivity contribution in [3.05, 3.63) is 28.7 Å². The van der Waals surface area contributed by atoms with E-state index in [1.807, 2.05) is 50.5 Å². The molecule has 0 atom stereocenters. The largest absolute Gasteiger partial charge is 0.305 e. The fourth-order valence-corrected chi connectivity index (χ4v) is 2.36. The van der Waals surface area contributed by atoms with Gasteiger partial charge in [0.25, 0.3) is 5.91 Å². The van der Waals surface area contributed by atoms with Gasteiger partial charge < -0.3 is 10.2 Å². The van der Waals surface area contributed by atoms with Crippen LogP contribution in [0.25, 0.3) is 0 Å². The quantitative estimate of drug-likeness (QED) is 0.876. The van der Waals surface area contributed by atoms with Crippen LogP contribution in [0.4, 0.5) is 5.82 Å². The number of aryl methyl sites for hydroxylation is 2. The van der Waals surface area contributed by atoms with Gasteiger partial charge in [-0.2, -0.15) is 10.2 Å². The zero-order chi connectivity index (χ0) is 15.6. The van der Waals surface area contributed by atoms with Crippen LogP contribution in [0, 0.1) is 13.8 Å². The predicted molar refractivity (Wildman–Crippen MR) is 81.3 cm³/mol. The molecule has 0 aromatic carbocycles. The number of aromatic amines is 1. The van der Waals surface area contributed by atoms with Crippen LogP contribution in [0.1, 0.15) is 34.4 Å². The Morgan fingerprint density at radius 1 is 1.43 bits per heavy atom. The van der Waals surface area contributed by atoms with E-state index in [2.05, 4.69) is 20.6 Å². The standard InChI is InChI=1S/C14H22N6O/c1-6-20-10(3)13(9(2)18-20)14(21)15-12-7-11(16-17-12)8-19(4)5/h7H,6,8H2,1-5H3,(H2,15,16,17,21). The number of H-pyrrole nitrogens is 1. The van der Waals surface area contributed by atoms with E-state index < -0.39 is 0 Å². The Hall–Kier alpha value is -2.15. The summed E-state index contributed by atoms with van der Waals surface area (Å²) in [5, 5.41) is 14.2. The molecule has 2 N–H and O–H groups in total. The third kappa shape index (κ3) is 3.30. The molecule has 0 fully saturated rings. The van der Waals surface area contributed by atoms with Crippen molar-refractivity contribution in [1.82, 2.24) is 24.9 Å². The molecule has 0 aliphatic carbocycles. The second kappa shape index (κ2) is 6.09. The molecular formula is C14H22N6O. The highest BCUT2D eigenvalue weighted by molar-refractivity contribution is 6.05. The van der Waals surface area contributed by atoms with Crippen LogP contribution in [-0.4, -0.2) is 44.9 Å². The summed E-state index contributed by atoms with van der Waals surface area (Å²) in [7, 11) is 3.95. The topological polar surface area (TPSA) is 78.8 Å². The summed E-state index contributed by atoms with van der Waals surface area (Å²) in [6.45, 7) is 7.24. The maximum atomic E-state index is 12.4. The summed E-state index contributed by atoms with van der Waals surface area (Å²) in [5.74, 6) is 0.354. The van der Waals surface area contributed by atoms with Gasteiger partial charge in [-0.25, -0.2) is 0 Å². The van der Waals surface area contributed by atoms with Crippen LogP contribution in [-0.2, 0) is 13.1 Å². The number of hydrogen-bond donors (Lipinski definition) is 2. The molecule has 0 aliphatic heterocycles. The average molecular weight is 290 g/mol. The van der Waals surface area contributed by atoms with Gasteiger partial charge in [0.2, 0.25) is 0 Å². The van der Waals surface area contributed by atoms with E-state index in [1.165, 1.54) is 0 Å². The molecule has 0 saturated carbocycles. The number of aromatic nitrogens is 4. The second-order valence-corrected chi connectivity index (χ2v) is 5.33. The van der Waals surface area contributed by atoms with E-state index in [0.29, 0.717) is 11.4 Å². The Bertz CT molecular complexity index is 640. The molecule has 1 amide bonds. The van der Waals surface area contributed by atoms with Crippen molar-refractivity contribution in [2.45, 2.75) is 33.9 Å².